The molecule has 1 N–H and O–H groups in total. The fourth-order valence-corrected chi connectivity index (χ4v) is 1.33. The average molecular weight is 127 g/mol. The molecule has 1 heterocycles. The van der Waals surface area contributed by atoms with Crippen LogP contribution in [0.5, 0.6) is 0 Å². The first-order chi connectivity index (χ1) is 4.02. The number of rotatable bonds is 0. The Labute approximate surface area is 55.6 Å². The van der Waals surface area contributed by atoms with Gasteiger partial charge in [0.05, 0.1) is 0 Å². The van der Waals surface area contributed by atoms with Crippen molar-refractivity contribution < 1.29 is 4.79 Å². The molecule has 0 spiro atoms. The molecule has 9 heavy (non-hydrogen) atoms. The molecule has 1 rings (SSSR count). The van der Waals surface area contributed by atoms with E-state index in [4.69, 9.17) is 0 Å². The topological polar surface area (TPSA) is 29.1 Å². The van der Waals surface area contributed by atoms with Crippen molar-refractivity contribution in [3.8, 4) is 0 Å². The molecule has 1 aliphatic heterocycles. The van der Waals surface area contributed by atoms with E-state index in [0.717, 1.165) is 6.42 Å². The van der Waals surface area contributed by atoms with Crippen LogP contribution in [-0.2, 0) is 4.79 Å². The Balaban J connectivity index is 2.70. The first-order valence-corrected chi connectivity index (χ1v) is 3.33. The third-order valence-electron chi connectivity index (χ3n) is 1.81. The summed E-state index contributed by atoms with van der Waals surface area (Å²) in [5, 5.41) is 2.87. The number of amides is 1. The largest absolute Gasteiger partial charge is 0.353 e. The molecule has 1 atom stereocenters. The standard InChI is InChI=1S/C7H13NO/c1-5-4-7(2,3)6(9)8-5/h5H,4H2,1-3H3,(H,8,9)/t5-/m0/s1. The molecule has 0 unspecified atom stereocenters. The van der Waals surface area contributed by atoms with Crippen molar-refractivity contribution in [2.45, 2.75) is 33.2 Å². The average Bonchev–Trinajstić information content (AvgIpc) is 1.79. The van der Waals surface area contributed by atoms with Crippen molar-refractivity contribution >= 4 is 5.91 Å². The van der Waals surface area contributed by atoms with Crippen molar-refractivity contribution in [3.05, 3.63) is 0 Å². The molecule has 0 aromatic rings. The lowest BCUT2D eigenvalue weighted by atomic mass is 9.90. The van der Waals surface area contributed by atoms with Crippen LogP contribution in [0.4, 0.5) is 0 Å². The molecule has 1 aliphatic rings. The summed E-state index contributed by atoms with van der Waals surface area (Å²) in [6, 6.07) is 0.368. The van der Waals surface area contributed by atoms with Gasteiger partial charge in [-0.25, -0.2) is 0 Å². The molecule has 0 aliphatic carbocycles. The molecular weight excluding hydrogens is 114 g/mol. The molecule has 2 nitrogen and oxygen atoms in total. The monoisotopic (exact) mass is 127 g/mol. The first kappa shape index (κ1) is 6.59. The number of carbonyl (C=O) groups excluding carboxylic acids is 1. The van der Waals surface area contributed by atoms with Crippen LogP contribution in [0.15, 0.2) is 0 Å². The lowest BCUT2D eigenvalue weighted by molar-refractivity contribution is -0.126. The Kier molecular flexibility index (Phi) is 1.26. The summed E-state index contributed by atoms with van der Waals surface area (Å²) in [6.07, 6.45) is 0.964. The van der Waals surface area contributed by atoms with E-state index in [2.05, 4.69) is 5.32 Å². The maximum absolute atomic E-state index is 11.0. The van der Waals surface area contributed by atoms with Gasteiger partial charge in [-0.15, -0.1) is 0 Å². The maximum atomic E-state index is 11.0. The number of hydrogen-bond donors (Lipinski definition) is 1. The number of carbonyl (C=O) groups is 1. The van der Waals surface area contributed by atoms with Crippen LogP contribution >= 0.6 is 0 Å². The summed E-state index contributed by atoms with van der Waals surface area (Å²) in [5.74, 6) is 0.190. The van der Waals surface area contributed by atoms with Gasteiger partial charge in [0.1, 0.15) is 0 Å². The van der Waals surface area contributed by atoms with E-state index in [1.165, 1.54) is 0 Å². The molecule has 0 radical (unpaired) electrons. The third kappa shape index (κ3) is 1.07. The maximum Gasteiger partial charge on any atom is 0.225 e. The molecule has 1 amide bonds. The number of nitrogens with one attached hydrogen (secondary N) is 1. The van der Waals surface area contributed by atoms with Crippen molar-refractivity contribution in [2.24, 2.45) is 5.41 Å². The van der Waals surface area contributed by atoms with Gasteiger partial charge in [0.25, 0.3) is 0 Å². The van der Waals surface area contributed by atoms with Gasteiger partial charge in [0.15, 0.2) is 0 Å². The van der Waals surface area contributed by atoms with Crippen LogP contribution in [0.3, 0.4) is 0 Å². The zero-order valence-corrected chi connectivity index (χ0v) is 6.19. The van der Waals surface area contributed by atoms with Gasteiger partial charge >= 0.3 is 0 Å². The van der Waals surface area contributed by atoms with Crippen LogP contribution in [0.2, 0.25) is 0 Å². The highest BCUT2D eigenvalue weighted by atomic mass is 16.2. The Morgan fingerprint density at radius 2 is 2.22 bits per heavy atom. The lowest BCUT2D eigenvalue weighted by Gasteiger charge is -2.10. The Bertz CT molecular complexity index is 140. The second kappa shape index (κ2) is 1.72. The summed E-state index contributed by atoms with van der Waals surface area (Å²) >= 11 is 0. The van der Waals surface area contributed by atoms with Gasteiger partial charge in [-0.1, -0.05) is 13.8 Å². The summed E-state index contributed by atoms with van der Waals surface area (Å²) in [7, 11) is 0. The van der Waals surface area contributed by atoms with Gasteiger partial charge in [0.2, 0.25) is 5.91 Å². The van der Waals surface area contributed by atoms with E-state index in [0.29, 0.717) is 6.04 Å². The second-order valence-corrected chi connectivity index (χ2v) is 3.46. The normalized spacial score (nSPS) is 32.3. The highest BCUT2D eigenvalue weighted by molar-refractivity contribution is 5.84. The fraction of sp³-hybridized carbons (Fsp3) is 0.857. The second-order valence-electron chi connectivity index (χ2n) is 3.46. The van der Waals surface area contributed by atoms with Crippen LogP contribution in [-0.4, -0.2) is 11.9 Å². The van der Waals surface area contributed by atoms with Crippen molar-refractivity contribution in [3.63, 3.8) is 0 Å². The van der Waals surface area contributed by atoms with E-state index < -0.39 is 0 Å². The zero-order chi connectivity index (χ0) is 7.07. The Morgan fingerprint density at radius 1 is 1.67 bits per heavy atom. The van der Waals surface area contributed by atoms with Crippen molar-refractivity contribution in [1.82, 2.24) is 5.32 Å². The van der Waals surface area contributed by atoms with E-state index in [1.54, 1.807) is 0 Å². The first-order valence-electron chi connectivity index (χ1n) is 3.33. The van der Waals surface area contributed by atoms with Gasteiger partial charge in [-0.3, -0.25) is 4.79 Å². The SMILES string of the molecule is C[C@H]1CC(C)(C)C(=O)N1. The highest BCUT2D eigenvalue weighted by Crippen LogP contribution is 2.27. The molecule has 0 bridgehead atoms. The van der Waals surface area contributed by atoms with E-state index >= 15 is 0 Å². The van der Waals surface area contributed by atoms with E-state index in [-0.39, 0.29) is 11.3 Å². The van der Waals surface area contributed by atoms with Gasteiger partial charge in [0, 0.05) is 11.5 Å². The van der Waals surface area contributed by atoms with E-state index in [9.17, 15) is 4.79 Å². The quantitative estimate of drug-likeness (QED) is 0.515. The predicted octanol–water partition coefficient (Wildman–Crippen LogP) is 0.921. The minimum atomic E-state index is -0.126. The summed E-state index contributed by atoms with van der Waals surface area (Å²) in [4.78, 5) is 11.0. The molecule has 2 heteroatoms. The summed E-state index contributed by atoms with van der Waals surface area (Å²) in [6.45, 7) is 5.99. The molecule has 0 aromatic carbocycles. The van der Waals surface area contributed by atoms with Crippen molar-refractivity contribution in [1.29, 1.82) is 0 Å². The molecule has 52 valence electrons. The van der Waals surface area contributed by atoms with Gasteiger partial charge in [-0.05, 0) is 13.3 Å². The molecule has 1 saturated heterocycles. The van der Waals surface area contributed by atoms with Crippen LogP contribution < -0.4 is 5.32 Å². The van der Waals surface area contributed by atoms with Crippen LogP contribution in [0, 0.1) is 5.41 Å². The summed E-state index contributed by atoms with van der Waals surface area (Å²) in [5.41, 5.74) is -0.126. The van der Waals surface area contributed by atoms with Crippen molar-refractivity contribution in [2.75, 3.05) is 0 Å². The third-order valence-corrected chi connectivity index (χ3v) is 1.81. The van der Waals surface area contributed by atoms with E-state index in [1.807, 2.05) is 20.8 Å². The highest BCUT2D eigenvalue weighted by Gasteiger charge is 2.36. The van der Waals surface area contributed by atoms with Gasteiger partial charge in [-0.2, -0.15) is 0 Å². The summed E-state index contributed by atoms with van der Waals surface area (Å²) < 4.78 is 0. The minimum Gasteiger partial charge on any atom is -0.353 e. The van der Waals surface area contributed by atoms with Crippen LogP contribution in [0.1, 0.15) is 27.2 Å². The zero-order valence-electron chi connectivity index (χ0n) is 6.19. The molecule has 0 aromatic heterocycles. The number of hydrogen-bond acceptors (Lipinski definition) is 1. The predicted molar refractivity (Wildman–Crippen MR) is 36.0 cm³/mol. The van der Waals surface area contributed by atoms with Crippen LogP contribution in [0.25, 0.3) is 0 Å². The molecular formula is C7H13NO. The lowest BCUT2D eigenvalue weighted by Crippen LogP contribution is -2.27. The smallest absolute Gasteiger partial charge is 0.225 e. The fourth-order valence-electron chi connectivity index (χ4n) is 1.33. The Morgan fingerprint density at radius 3 is 2.33 bits per heavy atom. The minimum absolute atomic E-state index is 0.126. The Hall–Kier alpha value is -0.530. The van der Waals surface area contributed by atoms with Gasteiger partial charge < -0.3 is 5.32 Å². The molecule has 0 saturated carbocycles. The molecule has 1 fully saturated rings.